The van der Waals surface area contributed by atoms with Gasteiger partial charge in [0.2, 0.25) is 0 Å². The Morgan fingerprint density at radius 2 is 1.90 bits per heavy atom. The van der Waals surface area contributed by atoms with Gasteiger partial charge in [0.25, 0.3) is 0 Å². The van der Waals surface area contributed by atoms with Gasteiger partial charge in [0.15, 0.2) is 0 Å². The van der Waals surface area contributed by atoms with Crippen molar-refractivity contribution in [1.29, 1.82) is 0 Å². The molecule has 0 unspecified atom stereocenters. The topological polar surface area (TPSA) is 42.7 Å². The molecule has 0 bridgehead atoms. The summed E-state index contributed by atoms with van der Waals surface area (Å²) in [7, 11) is 0. The minimum Gasteiger partial charge on any atom is -0.308 e. The number of aryl methyl sites for hydroxylation is 1. The molecule has 1 aromatic carbocycles. The van der Waals surface area contributed by atoms with Crippen LogP contribution in [0.25, 0.3) is 0 Å². The van der Waals surface area contributed by atoms with Crippen LogP contribution in [0.2, 0.25) is 0 Å². The fourth-order valence-electron chi connectivity index (χ4n) is 1.88. The Kier molecular flexibility index (Phi) is 5.42. The smallest absolute Gasteiger partial charge is 0.138 e. The Morgan fingerprint density at radius 3 is 2.52 bits per heavy atom. The van der Waals surface area contributed by atoms with Gasteiger partial charge in [-0.2, -0.15) is 5.10 Å². The molecule has 1 N–H and O–H groups in total. The molecule has 0 amide bonds. The van der Waals surface area contributed by atoms with E-state index in [1.807, 2.05) is 4.68 Å². The molecule has 114 valence electrons. The monoisotopic (exact) mass is 304 g/mol. The van der Waals surface area contributed by atoms with E-state index in [-0.39, 0.29) is 5.54 Å². The molecule has 2 rings (SSSR count). The summed E-state index contributed by atoms with van der Waals surface area (Å²) in [5, 5.41) is 7.69. The van der Waals surface area contributed by atoms with E-state index in [1.165, 1.54) is 10.5 Å². The summed E-state index contributed by atoms with van der Waals surface area (Å²) in [4.78, 5) is 5.56. The molecule has 2 aromatic rings. The minimum absolute atomic E-state index is 0.150. The summed E-state index contributed by atoms with van der Waals surface area (Å²) in [6.07, 6.45) is 1.63. The van der Waals surface area contributed by atoms with Crippen molar-refractivity contribution < 1.29 is 0 Å². The van der Waals surface area contributed by atoms with E-state index in [0.29, 0.717) is 0 Å². The summed E-state index contributed by atoms with van der Waals surface area (Å²) in [6, 6.07) is 8.73. The highest BCUT2D eigenvalue weighted by Crippen LogP contribution is 2.22. The second kappa shape index (κ2) is 7.09. The van der Waals surface area contributed by atoms with Gasteiger partial charge in [-0.25, -0.2) is 9.67 Å². The van der Waals surface area contributed by atoms with Gasteiger partial charge in [-0.3, -0.25) is 0 Å². The first-order valence-corrected chi connectivity index (χ1v) is 8.30. The number of nitrogens with zero attached hydrogens (tertiary/aromatic N) is 3. The van der Waals surface area contributed by atoms with Crippen molar-refractivity contribution in [3.05, 3.63) is 42.0 Å². The zero-order valence-electron chi connectivity index (χ0n) is 13.3. The van der Waals surface area contributed by atoms with E-state index >= 15 is 0 Å². The predicted octanol–water partition coefficient (Wildman–Crippen LogP) is 3.48. The minimum atomic E-state index is 0.150. The Morgan fingerprint density at radius 1 is 1.19 bits per heavy atom. The molecule has 0 aliphatic rings. The van der Waals surface area contributed by atoms with Crippen LogP contribution in [-0.2, 0) is 18.8 Å². The number of thioether (sulfide) groups is 1. The molecular formula is C16H24N4S. The van der Waals surface area contributed by atoms with E-state index in [1.54, 1.807) is 18.1 Å². The van der Waals surface area contributed by atoms with Gasteiger partial charge in [-0.05, 0) is 45.4 Å². The SMILES string of the molecule is CCn1ncnc1CSc1ccc(CNC(C)(C)C)cc1. The highest BCUT2D eigenvalue weighted by molar-refractivity contribution is 7.98. The molecule has 1 heterocycles. The van der Waals surface area contributed by atoms with Gasteiger partial charge < -0.3 is 5.32 Å². The third kappa shape index (κ3) is 5.17. The van der Waals surface area contributed by atoms with Gasteiger partial charge in [-0.1, -0.05) is 12.1 Å². The first-order chi connectivity index (χ1) is 9.98. The predicted molar refractivity (Wildman–Crippen MR) is 88.3 cm³/mol. The van der Waals surface area contributed by atoms with E-state index in [9.17, 15) is 0 Å². The van der Waals surface area contributed by atoms with Crippen molar-refractivity contribution in [2.24, 2.45) is 0 Å². The lowest BCUT2D eigenvalue weighted by Gasteiger charge is -2.20. The van der Waals surface area contributed by atoms with Gasteiger partial charge in [0, 0.05) is 23.5 Å². The Labute approximate surface area is 131 Å². The normalized spacial score (nSPS) is 11.8. The Balaban J connectivity index is 1.88. The van der Waals surface area contributed by atoms with Crippen LogP contribution in [0.3, 0.4) is 0 Å². The molecule has 4 nitrogen and oxygen atoms in total. The van der Waals surface area contributed by atoms with E-state index < -0.39 is 0 Å². The lowest BCUT2D eigenvalue weighted by molar-refractivity contribution is 0.424. The van der Waals surface area contributed by atoms with Gasteiger partial charge in [-0.15, -0.1) is 11.8 Å². The van der Waals surface area contributed by atoms with Crippen LogP contribution < -0.4 is 5.32 Å². The van der Waals surface area contributed by atoms with Crippen molar-refractivity contribution in [3.63, 3.8) is 0 Å². The summed E-state index contributed by atoms with van der Waals surface area (Å²) in [5.74, 6) is 1.88. The average molecular weight is 304 g/mol. The molecule has 0 spiro atoms. The van der Waals surface area contributed by atoms with Crippen LogP contribution in [0.5, 0.6) is 0 Å². The van der Waals surface area contributed by atoms with E-state index in [4.69, 9.17) is 0 Å². The second-order valence-electron chi connectivity index (χ2n) is 6.03. The first kappa shape index (κ1) is 16.0. The van der Waals surface area contributed by atoms with Crippen LogP contribution in [0.1, 0.15) is 39.1 Å². The van der Waals surface area contributed by atoms with Crippen molar-refractivity contribution >= 4 is 11.8 Å². The average Bonchev–Trinajstić information content (AvgIpc) is 2.90. The molecule has 0 saturated carbocycles. The maximum absolute atomic E-state index is 4.30. The van der Waals surface area contributed by atoms with Crippen molar-refractivity contribution in [3.8, 4) is 0 Å². The number of benzene rings is 1. The van der Waals surface area contributed by atoms with E-state index in [0.717, 1.165) is 24.7 Å². The van der Waals surface area contributed by atoms with Crippen LogP contribution in [0, 0.1) is 0 Å². The molecule has 5 heteroatoms. The van der Waals surface area contributed by atoms with Crippen LogP contribution in [-0.4, -0.2) is 20.3 Å². The summed E-state index contributed by atoms with van der Waals surface area (Å²) in [6.45, 7) is 10.4. The van der Waals surface area contributed by atoms with Crippen molar-refractivity contribution in [2.45, 2.75) is 57.0 Å². The Hall–Kier alpha value is -1.33. The highest BCUT2D eigenvalue weighted by Gasteiger charge is 2.08. The molecule has 0 aliphatic heterocycles. The van der Waals surface area contributed by atoms with Crippen molar-refractivity contribution in [1.82, 2.24) is 20.1 Å². The quantitative estimate of drug-likeness (QED) is 0.830. The number of aromatic nitrogens is 3. The first-order valence-electron chi connectivity index (χ1n) is 7.31. The number of hydrogen-bond donors (Lipinski definition) is 1. The highest BCUT2D eigenvalue weighted by atomic mass is 32.2. The molecule has 0 aliphatic carbocycles. The third-order valence-corrected chi connectivity index (χ3v) is 4.12. The van der Waals surface area contributed by atoms with Crippen molar-refractivity contribution in [2.75, 3.05) is 0 Å². The van der Waals surface area contributed by atoms with Gasteiger partial charge in [0.1, 0.15) is 12.2 Å². The molecule has 0 radical (unpaired) electrons. The maximum Gasteiger partial charge on any atom is 0.138 e. The number of nitrogens with one attached hydrogen (secondary N) is 1. The lowest BCUT2D eigenvalue weighted by atomic mass is 10.1. The zero-order chi connectivity index (χ0) is 15.3. The van der Waals surface area contributed by atoms with E-state index in [2.05, 4.69) is 67.4 Å². The molecule has 0 atom stereocenters. The fourth-order valence-corrected chi connectivity index (χ4v) is 2.73. The fraction of sp³-hybridized carbons (Fsp3) is 0.500. The standard InChI is InChI=1S/C16H24N4S/c1-5-20-15(17-12-19-20)11-21-14-8-6-13(7-9-14)10-18-16(2,3)4/h6-9,12,18H,5,10-11H2,1-4H3. The lowest BCUT2D eigenvalue weighted by Crippen LogP contribution is -2.35. The number of hydrogen-bond acceptors (Lipinski definition) is 4. The molecule has 1 aromatic heterocycles. The van der Waals surface area contributed by atoms with Crippen LogP contribution in [0.4, 0.5) is 0 Å². The second-order valence-corrected chi connectivity index (χ2v) is 7.08. The third-order valence-electron chi connectivity index (χ3n) is 3.11. The summed E-state index contributed by atoms with van der Waals surface area (Å²) < 4.78 is 1.94. The summed E-state index contributed by atoms with van der Waals surface area (Å²) >= 11 is 1.80. The Bertz CT molecular complexity index is 554. The van der Waals surface area contributed by atoms with Crippen LogP contribution >= 0.6 is 11.8 Å². The van der Waals surface area contributed by atoms with Crippen LogP contribution in [0.15, 0.2) is 35.5 Å². The molecule has 21 heavy (non-hydrogen) atoms. The zero-order valence-corrected chi connectivity index (χ0v) is 14.1. The van der Waals surface area contributed by atoms with Gasteiger partial charge in [0.05, 0.1) is 5.75 Å². The number of rotatable bonds is 6. The molecule has 0 fully saturated rings. The largest absolute Gasteiger partial charge is 0.308 e. The summed E-state index contributed by atoms with van der Waals surface area (Å²) in [5.41, 5.74) is 1.46. The maximum atomic E-state index is 4.30. The molecule has 0 saturated heterocycles. The van der Waals surface area contributed by atoms with Gasteiger partial charge >= 0.3 is 0 Å². The molecular weight excluding hydrogens is 280 g/mol.